The van der Waals surface area contributed by atoms with Gasteiger partial charge in [0.1, 0.15) is 0 Å². The van der Waals surface area contributed by atoms with Crippen LogP contribution in [0.15, 0.2) is 0 Å². The van der Waals surface area contributed by atoms with Crippen molar-refractivity contribution in [1.29, 1.82) is 0 Å². The Balaban J connectivity index is 1.82. The Hall–Kier alpha value is -0.0400. The van der Waals surface area contributed by atoms with Gasteiger partial charge in [-0.3, -0.25) is 0 Å². The summed E-state index contributed by atoms with van der Waals surface area (Å²) in [6, 6.07) is 0. The molecule has 1 nitrogen and oxygen atoms in total. The lowest BCUT2D eigenvalue weighted by Crippen LogP contribution is -2.47. The standard InChI is InChI=1S/C13H26N/c1-14(2)10-8-13(9-11-14)12-6-4-3-5-7-12/h12-13H,3-11H2,1-2H3/q+1. The summed E-state index contributed by atoms with van der Waals surface area (Å²) < 4.78 is 1.27. The zero-order valence-corrected chi connectivity index (χ0v) is 9.97. The highest BCUT2D eigenvalue weighted by atomic mass is 15.3. The molecule has 1 saturated heterocycles. The van der Waals surface area contributed by atoms with Crippen molar-refractivity contribution in [1.82, 2.24) is 0 Å². The van der Waals surface area contributed by atoms with Crippen molar-refractivity contribution in [2.75, 3.05) is 27.2 Å². The van der Waals surface area contributed by atoms with E-state index in [1.165, 1.54) is 62.5 Å². The molecule has 0 aromatic rings. The van der Waals surface area contributed by atoms with E-state index < -0.39 is 0 Å². The molecule has 0 amide bonds. The fraction of sp³-hybridized carbons (Fsp3) is 1.00. The minimum Gasteiger partial charge on any atom is -0.328 e. The van der Waals surface area contributed by atoms with Gasteiger partial charge in [-0.15, -0.1) is 0 Å². The Kier molecular flexibility index (Phi) is 3.16. The van der Waals surface area contributed by atoms with Crippen molar-refractivity contribution in [2.24, 2.45) is 11.8 Å². The van der Waals surface area contributed by atoms with Crippen LogP contribution in [0.2, 0.25) is 0 Å². The third kappa shape index (κ3) is 2.50. The minimum absolute atomic E-state index is 1.08. The van der Waals surface area contributed by atoms with Gasteiger partial charge in [0.05, 0.1) is 27.2 Å². The summed E-state index contributed by atoms with van der Waals surface area (Å²) in [5.41, 5.74) is 0. The smallest absolute Gasteiger partial charge is 0.0785 e. The monoisotopic (exact) mass is 196 g/mol. The summed E-state index contributed by atoms with van der Waals surface area (Å²) in [6.45, 7) is 2.84. The van der Waals surface area contributed by atoms with Gasteiger partial charge in [0.25, 0.3) is 0 Å². The van der Waals surface area contributed by atoms with Crippen LogP contribution in [0.25, 0.3) is 0 Å². The predicted molar refractivity (Wildman–Crippen MR) is 61.1 cm³/mol. The van der Waals surface area contributed by atoms with E-state index >= 15 is 0 Å². The number of quaternary nitrogens is 1. The Labute approximate surface area is 89.1 Å². The molecule has 0 N–H and O–H groups in total. The number of rotatable bonds is 1. The van der Waals surface area contributed by atoms with Gasteiger partial charge >= 0.3 is 0 Å². The third-order valence-electron chi connectivity index (χ3n) is 4.53. The van der Waals surface area contributed by atoms with Crippen molar-refractivity contribution >= 4 is 0 Å². The van der Waals surface area contributed by atoms with Crippen molar-refractivity contribution < 1.29 is 4.48 Å². The largest absolute Gasteiger partial charge is 0.328 e. The van der Waals surface area contributed by atoms with Crippen molar-refractivity contribution in [3.63, 3.8) is 0 Å². The minimum atomic E-state index is 1.08. The van der Waals surface area contributed by atoms with Crippen LogP contribution < -0.4 is 0 Å². The van der Waals surface area contributed by atoms with Crippen LogP contribution in [-0.2, 0) is 0 Å². The van der Waals surface area contributed by atoms with Crippen molar-refractivity contribution in [2.45, 2.75) is 44.9 Å². The molecule has 1 aliphatic heterocycles. The first-order valence-electron chi connectivity index (χ1n) is 6.49. The molecule has 1 aliphatic carbocycles. The van der Waals surface area contributed by atoms with E-state index in [-0.39, 0.29) is 0 Å². The second-order valence-electron chi connectivity index (χ2n) is 6.12. The quantitative estimate of drug-likeness (QED) is 0.565. The molecule has 1 saturated carbocycles. The van der Waals surface area contributed by atoms with Gasteiger partial charge in [-0.05, 0) is 24.7 Å². The number of nitrogens with zero attached hydrogens (tertiary/aromatic N) is 1. The second kappa shape index (κ2) is 4.22. The van der Waals surface area contributed by atoms with E-state index in [0.29, 0.717) is 0 Å². The van der Waals surface area contributed by atoms with Gasteiger partial charge in [0, 0.05) is 0 Å². The van der Waals surface area contributed by atoms with Crippen LogP contribution in [-0.4, -0.2) is 31.7 Å². The SMILES string of the molecule is C[N+]1(C)CCC(C2CCCCC2)CC1. The maximum atomic E-state index is 2.39. The van der Waals surface area contributed by atoms with Gasteiger partial charge < -0.3 is 4.48 Å². The molecular weight excluding hydrogens is 170 g/mol. The van der Waals surface area contributed by atoms with E-state index in [4.69, 9.17) is 0 Å². The van der Waals surface area contributed by atoms with Gasteiger partial charge in [-0.1, -0.05) is 32.1 Å². The molecule has 0 aromatic carbocycles. The first-order valence-corrected chi connectivity index (χ1v) is 6.49. The van der Waals surface area contributed by atoms with Crippen LogP contribution in [0.3, 0.4) is 0 Å². The Morgan fingerprint density at radius 1 is 0.714 bits per heavy atom. The molecular formula is C13H26N+. The summed E-state index contributed by atoms with van der Waals surface area (Å²) in [5, 5.41) is 0. The Bertz CT molecular complexity index is 170. The Morgan fingerprint density at radius 2 is 1.21 bits per heavy atom. The summed E-state index contributed by atoms with van der Waals surface area (Å²) in [6.07, 6.45) is 10.6. The molecule has 0 spiro atoms. The highest BCUT2D eigenvalue weighted by molar-refractivity contribution is 4.76. The maximum absolute atomic E-state index is 2.39. The zero-order chi connectivity index (χ0) is 10.0. The molecule has 2 aliphatic rings. The molecule has 2 fully saturated rings. The number of hydrogen-bond donors (Lipinski definition) is 0. The highest BCUT2D eigenvalue weighted by Crippen LogP contribution is 2.36. The van der Waals surface area contributed by atoms with Gasteiger partial charge in [-0.25, -0.2) is 0 Å². The van der Waals surface area contributed by atoms with Crippen molar-refractivity contribution in [3.05, 3.63) is 0 Å². The summed E-state index contributed by atoms with van der Waals surface area (Å²) >= 11 is 0. The van der Waals surface area contributed by atoms with Gasteiger partial charge in [0.2, 0.25) is 0 Å². The fourth-order valence-electron chi connectivity index (χ4n) is 3.36. The first kappa shape index (κ1) is 10.5. The molecule has 2 rings (SSSR count). The first-order chi connectivity index (χ1) is 6.67. The number of piperidine rings is 1. The molecule has 14 heavy (non-hydrogen) atoms. The topological polar surface area (TPSA) is 0 Å². The third-order valence-corrected chi connectivity index (χ3v) is 4.53. The van der Waals surface area contributed by atoms with E-state index in [2.05, 4.69) is 14.1 Å². The fourth-order valence-corrected chi connectivity index (χ4v) is 3.36. The van der Waals surface area contributed by atoms with Gasteiger partial charge in [-0.2, -0.15) is 0 Å². The molecule has 0 unspecified atom stereocenters. The lowest BCUT2D eigenvalue weighted by atomic mass is 9.75. The summed E-state index contributed by atoms with van der Waals surface area (Å²) in [4.78, 5) is 0. The number of hydrogen-bond acceptors (Lipinski definition) is 0. The molecule has 0 atom stereocenters. The molecule has 82 valence electrons. The van der Waals surface area contributed by atoms with Crippen LogP contribution >= 0.6 is 0 Å². The van der Waals surface area contributed by atoms with E-state index in [1.807, 2.05) is 0 Å². The van der Waals surface area contributed by atoms with Crippen molar-refractivity contribution in [3.8, 4) is 0 Å². The lowest BCUT2D eigenvalue weighted by molar-refractivity contribution is -0.896. The van der Waals surface area contributed by atoms with Crippen LogP contribution in [0.1, 0.15) is 44.9 Å². The predicted octanol–water partition coefficient (Wildman–Crippen LogP) is 3.05. The molecule has 0 bridgehead atoms. The van der Waals surface area contributed by atoms with E-state index in [9.17, 15) is 0 Å². The highest BCUT2D eigenvalue weighted by Gasteiger charge is 2.31. The average molecular weight is 196 g/mol. The molecule has 0 radical (unpaired) electrons. The van der Waals surface area contributed by atoms with Gasteiger partial charge in [0.15, 0.2) is 0 Å². The molecule has 1 heterocycles. The molecule has 0 aromatic heterocycles. The summed E-state index contributed by atoms with van der Waals surface area (Å²) in [7, 11) is 4.77. The second-order valence-corrected chi connectivity index (χ2v) is 6.12. The Morgan fingerprint density at radius 3 is 1.79 bits per heavy atom. The van der Waals surface area contributed by atoms with E-state index in [0.717, 1.165) is 11.8 Å². The maximum Gasteiger partial charge on any atom is 0.0785 e. The average Bonchev–Trinajstić information content (AvgIpc) is 2.19. The zero-order valence-electron chi connectivity index (χ0n) is 9.97. The number of likely N-dealkylation sites (tertiary alicyclic amines) is 1. The molecule has 1 heteroatoms. The van der Waals surface area contributed by atoms with Crippen LogP contribution in [0.5, 0.6) is 0 Å². The van der Waals surface area contributed by atoms with E-state index in [1.54, 1.807) is 0 Å². The normalized spacial score (nSPS) is 30.4. The lowest BCUT2D eigenvalue weighted by Gasteiger charge is -2.40. The van der Waals surface area contributed by atoms with Crippen LogP contribution in [0.4, 0.5) is 0 Å². The van der Waals surface area contributed by atoms with Crippen LogP contribution in [0, 0.1) is 11.8 Å². The summed E-state index contributed by atoms with van der Waals surface area (Å²) in [5.74, 6) is 2.19.